The molecule has 0 spiro atoms. The molecular formula is C12H14N2O5. The van der Waals surface area contributed by atoms with E-state index in [0.29, 0.717) is 13.1 Å². The normalized spacial score (nSPS) is 10.0. The average Bonchev–Trinajstić information content (AvgIpc) is 2.39. The Morgan fingerprint density at radius 3 is 2.26 bits per heavy atom. The van der Waals surface area contributed by atoms with E-state index in [2.05, 4.69) is 0 Å². The number of carbonyl (C=O) groups excluding carboxylic acids is 1. The third-order valence-electron chi connectivity index (χ3n) is 2.73. The van der Waals surface area contributed by atoms with Crippen LogP contribution in [-0.2, 0) is 0 Å². The molecule has 0 aliphatic rings. The Bertz CT molecular complexity index is 523. The Morgan fingerprint density at radius 1 is 1.26 bits per heavy atom. The van der Waals surface area contributed by atoms with Gasteiger partial charge in [0, 0.05) is 25.2 Å². The van der Waals surface area contributed by atoms with E-state index < -0.39 is 16.8 Å². The summed E-state index contributed by atoms with van der Waals surface area (Å²) in [6.07, 6.45) is 0. The highest BCUT2D eigenvalue weighted by molar-refractivity contribution is 6.05. The maximum absolute atomic E-state index is 12.1. The van der Waals surface area contributed by atoms with Crippen molar-refractivity contribution in [3.05, 3.63) is 39.4 Å². The number of nitro groups is 1. The zero-order chi connectivity index (χ0) is 14.6. The van der Waals surface area contributed by atoms with Gasteiger partial charge >= 0.3 is 5.97 Å². The number of carboxylic acid groups (broad SMARTS) is 1. The Balaban J connectivity index is 3.36. The standard InChI is InChI=1S/C12H14N2O5/c1-3-13(4-2)11(15)10-7-8(14(18)19)5-6-9(10)12(16)17/h5-7H,3-4H2,1-2H3,(H,16,17). The first kappa shape index (κ1) is 14.6. The molecule has 102 valence electrons. The van der Waals surface area contributed by atoms with Crippen molar-refractivity contribution in [2.45, 2.75) is 13.8 Å². The number of amides is 1. The van der Waals surface area contributed by atoms with Crippen molar-refractivity contribution >= 4 is 17.6 Å². The number of hydrogen-bond acceptors (Lipinski definition) is 4. The molecule has 0 atom stereocenters. The lowest BCUT2D eigenvalue weighted by Crippen LogP contribution is -2.31. The maximum atomic E-state index is 12.1. The first-order valence-electron chi connectivity index (χ1n) is 5.73. The van der Waals surface area contributed by atoms with Crippen molar-refractivity contribution in [2.75, 3.05) is 13.1 Å². The van der Waals surface area contributed by atoms with Crippen LogP contribution >= 0.6 is 0 Å². The van der Waals surface area contributed by atoms with Gasteiger partial charge in [0.1, 0.15) is 0 Å². The van der Waals surface area contributed by atoms with Gasteiger partial charge in [-0.2, -0.15) is 0 Å². The molecule has 0 heterocycles. The predicted octanol–water partition coefficient (Wildman–Crippen LogP) is 1.78. The second-order valence-corrected chi connectivity index (χ2v) is 3.77. The quantitative estimate of drug-likeness (QED) is 0.646. The second-order valence-electron chi connectivity index (χ2n) is 3.77. The smallest absolute Gasteiger partial charge is 0.336 e. The SMILES string of the molecule is CCN(CC)C(=O)c1cc([N+](=O)[O-])ccc1C(=O)O. The van der Waals surface area contributed by atoms with Gasteiger partial charge in [0.2, 0.25) is 0 Å². The Kier molecular flexibility index (Phi) is 4.57. The van der Waals surface area contributed by atoms with Crippen molar-refractivity contribution in [3.63, 3.8) is 0 Å². The number of nitrogens with zero attached hydrogens (tertiary/aromatic N) is 2. The highest BCUT2D eigenvalue weighted by atomic mass is 16.6. The molecule has 0 bridgehead atoms. The average molecular weight is 266 g/mol. The summed E-state index contributed by atoms with van der Waals surface area (Å²) in [7, 11) is 0. The van der Waals surface area contributed by atoms with Crippen LogP contribution in [0.2, 0.25) is 0 Å². The number of benzene rings is 1. The number of nitro benzene ring substituents is 1. The van der Waals surface area contributed by atoms with Crippen LogP contribution in [0.15, 0.2) is 18.2 Å². The lowest BCUT2D eigenvalue weighted by molar-refractivity contribution is -0.384. The summed E-state index contributed by atoms with van der Waals surface area (Å²) in [4.78, 5) is 34.7. The van der Waals surface area contributed by atoms with Gasteiger partial charge in [-0.25, -0.2) is 4.79 Å². The van der Waals surface area contributed by atoms with Crippen LogP contribution in [0.3, 0.4) is 0 Å². The Hall–Kier alpha value is -2.44. The molecule has 0 aromatic heterocycles. The van der Waals surface area contributed by atoms with Crippen LogP contribution in [0.5, 0.6) is 0 Å². The van der Waals surface area contributed by atoms with E-state index in [1.54, 1.807) is 13.8 Å². The molecule has 7 heteroatoms. The first-order chi connectivity index (χ1) is 8.92. The minimum atomic E-state index is -1.29. The Morgan fingerprint density at radius 2 is 1.84 bits per heavy atom. The molecule has 0 aliphatic heterocycles. The molecule has 7 nitrogen and oxygen atoms in total. The van der Waals surface area contributed by atoms with Gasteiger partial charge in [0.25, 0.3) is 11.6 Å². The maximum Gasteiger partial charge on any atom is 0.336 e. The third-order valence-corrected chi connectivity index (χ3v) is 2.73. The van der Waals surface area contributed by atoms with E-state index in [1.165, 1.54) is 4.90 Å². The number of rotatable bonds is 5. The largest absolute Gasteiger partial charge is 0.478 e. The van der Waals surface area contributed by atoms with E-state index in [1.807, 2.05) is 0 Å². The molecule has 1 aromatic carbocycles. The van der Waals surface area contributed by atoms with Crippen LogP contribution in [0.25, 0.3) is 0 Å². The fourth-order valence-corrected chi connectivity index (χ4v) is 1.69. The molecule has 1 rings (SSSR count). The first-order valence-corrected chi connectivity index (χ1v) is 5.73. The van der Waals surface area contributed by atoms with Crippen molar-refractivity contribution in [2.24, 2.45) is 0 Å². The molecular weight excluding hydrogens is 252 g/mol. The molecule has 0 radical (unpaired) electrons. The zero-order valence-corrected chi connectivity index (χ0v) is 10.6. The number of aromatic carboxylic acids is 1. The summed E-state index contributed by atoms with van der Waals surface area (Å²) in [5, 5.41) is 19.7. The highest BCUT2D eigenvalue weighted by Gasteiger charge is 2.23. The predicted molar refractivity (Wildman–Crippen MR) is 67.3 cm³/mol. The second kappa shape index (κ2) is 5.94. The minimum Gasteiger partial charge on any atom is -0.478 e. The molecule has 0 unspecified atom stereocenters. The fraction of sp³-hybridized carbons (Fsp3) is 0.333. The van der Waals surface area contributed by atoms with E-state index in [-0.39, 0.29) is 16.8 Å². The van der Waals surface area contributed by atoms with Crippen molar-refractivity contribution in [1.29, 1.82) is 0 Å². The number of carbonyl (C=O) groups is 2. The lowest BCUT2D eigenvalue weighted by Gasteiger charge is -2.19. The molecule has 1 aromatic rings. The topological polar surface area (TPSA) is 101 Å². The van der Waals surface area contributed by atoms with Gasteiger partial charge in [-0.15, -0.1) is 0 Å². The number of hydrogen-bond donors (Lipinski definition) is 1. The highest BCUT2D eigenvalue weighted by Crippen LogP contribution is 2.19. The van der Waals surface area contributed by atoms with Crippen molar-refractivity contribution in [3.8, 4) is 0 Å². The van der Waals surface area contributed by atoms with E-state index in [9.17, 15) is 19.7 Å². The summed E-state index contributed by atoms with van der Waals surface area (Å²) in [5.41, 5.74) is -0.701. The molecule has 19 heavy (non-hydrogen) atoms. The fourth-order valence-electron chi connectivity index (χ4n) is 1.69. The van der Waals surface area contributed by atoms with E-state index in [0.717, 1.165) is 18.2 Å². The van der Waals surface area contributed by atoms with Gasteiger partial charge in [-0.3, -0.25) is 14.9 Å². The molecule has 0 saturated heterocycles. The molecule has 1 N–H and O–H groups in total. The van der Waals surface area contributed by atoms with Crippen LogP contribution in [0.1, 0.15) is 34.6 Å². The summed E-state index contributed by atoms with van der Waals surface area (Å²) in [6.45, 7) is 4.30. The Labute approximate surface area is 109 Å². The zero-order valence-electron chi connectivity index (χ0n) is 10.6. The van der Waals surface area contributed by atoms with E-state index >= 15 is 0 Å². The van der Waals surface area contributed by atoms with Crippen LogP contribution in [0, 0.1) is 10.1 Å². The summed E-state index contributed by atoms with van der Waals surface area (Å²) in [5.74, 6) is -1.81. The van der Waals surface area contributed by atoms with Crippen LogP contribution in [0.4, 0.5) is 5.69 Å². The molecule has 0 saturated carbocycles. The van der Waals surface area contributed by atoms with Gasteiger partial charge in [-0.1, -0.05) is 0 Å². The summed E-state index contributed by atoms with van der Waals surface area (Å²) >= 11 is 0. The minimum absolute atomic E-state index is 0.162. The van der Waals surface area contributed by atoms with Crippen molar-refractivity contribution < 1.29 is 19.6 Å². The summed E-state index contributed by atoms with van der Waals surface area (Å²) < 4.78 is 0. The van der Waals surface area contributed by atoms with Gasteiger partial charge in [0.05, 0.1) is 16.1 Å². The van der Waals surface area contributed by atoms with E-state index in [4.69, 9.17) is 5.11 Å². The van der Waals surface area contributed by atoms with Crippen molar-refractivity contribution in [1.82, 2.24) is 4.90 Å². The molecule has 1 amide bonds. The summed E-state index contributed by atoms with van der Waals surface area (Å²) in [6, 6.07) is 3.16. The van der Waals surface area contributed by atoms with Crippen LogP contribution < -0.4 is 0 Å². The molecule has 0 aliphatic carbocycles. The van der Waals surface area contributed by atoms with Gasteiger partial charge in [-0.05, 0) is 19.9 Å². The monoisotopic (exact) mass is 266 g/mol. The number of non-ortho nitro benzene ring substituents is 1. The molecule has 0 fully saturated rings. The third kappa shape index (κ3) is 3.06. The van der Waals surface area contributed by atoms with Gasteiger partial charge < -0.3 is 10.0 Å². The van der Waals surface area contributed by atoms with Crippen LogP contribution in [-0.4, -0.2) is 39.9 Å². The van der Waals surface area contributed by atoms with Gasteiger partial charge in [0.15, 0.2) is 0 Å². The lowest BCUT2D eigenvalue weighted by atomic mass is 10.1. The number of carboxylic acids is 1.